The van der Waals surface area contributed by atoms with E-state index in [0.717, 1.165) is 0 Å². The van der Waals surface area contributed by atoms with Crippen LogP contribution in [0.2, 0.25) is 5.02 Å². The van der Waals surface area contributed by atoms with Crippen molar-refractivity contribution < 1.29 is 19.5 Å². The predicted molar refractivity (Wildman–Crippen MR) is 95.1 cm³/mol. The van der Waals surface area contributed by atoms with E-state index in [1.54, 1.807) is 6.07 Å². The van der Waals surface area contributed by atoms with E-state index in [2.05, 4.69) is 10.6 Å². The minimum absolute atomic E-state index is 0.170. The van der Waals surface area contributed by atoms with Crippen molar-refractivity contribution in [2.75, 3.05) is 11.9 Å². The van der Waals surface area contributed by atoms with Gasteiger partial charge in [0.25, 0.3) is 5.91 Å². The van der Waals surface area contributed by atoms with Gasteiger partial charge in [0, 0.05) is 17.8 Å². The summed E-state index contributed by atoms with van der Waals surface area (Å²) >= 11 is 6.12. The number of hydrogen-bond donors (Lipinski definition) is 3. The highest BCUT2D eigenvalue weighted by atomic mass is 35.5. The number of aliphatic carboxylic acids is 1. The zero-order valence-corrected chi connectivity index (χ0v) is 15.2. The number of anilines is 1. The van der Waals surface area contributed by atoms with Crippen molar-refractivity contribution in [1.29, 1.82) is 0 Å². The number of urea groups is 1. The average Bonchev–Trinajstić information content (AvgIpc) is 2.96. The molecule has 0 bridgehead atoms. The molecule has 0 saturated carbocycles. The second kappa shape index (κ2) is 7.31. The molecular formula is C17H22ClN3O4. The molecule has 3 N–H and O–H groups in total. The third-order valence-electron chi connectivity index (χ3n) is 3.74. The van der Waals surface area contributed by atoms with Gasteiger partial charge in [0.15, 0.2) is 0 Å². The lowest BCUT2D eigenvalue weighted by atomic mass is 10.1. The van der Waals surface area contributed by atoms with Gasteiger partial charge in [0.2, 0.25) is 0 Å². The Kier molecular flexibility index (Phi) is 5.57. The zero-order valence-electron chi connectivity index (χ0n) is 14.4. The van der Waals surface area contributed by atoms with Gasteiger partial charge in [-0.15, -0.1) is 0 Å². The SMILES string of the molecule is CC(C)(C)NC(=O)Nc1ccc(Cl)c(C(=O)N2CCC[C@H]2C(=O)O)c1. The molecule has 1 heterocycles. The molecule has 0 aliphatic carbocycles. The molecule has 0 spiro atoms. The highest BCUT2D eigenvalue weighted by Gasteiger charge is 2.35. The van der Waals surface area contributed by atoms with E-state index in [9.17, 15) is 19.5 Å². The number of halogens is 1. The number of nitrogens with one attached hydrogen (secondary N) is 2. The van der Waals surface area contributed by atoms with Gasteiger partial charge in [-0.25, -0.2) is 9.59 Å². The summed E-state index contributed by atoms with van der Waals surface area (Å²) in [7, 11) is 0. The van der Waals surface area contributed by atoms with Crippen LogP contribution < -0.4 is 10.6 Å². The molecule has 136 valence electrons. The number of carboxylic acid groups (broad SMARTS) is 1. The molecule has 2 rings (SSSR count). The second-order valence-electron chi connectivity index (χ2n) is 7.02. The first-order valence-electron chi connectivity index (χ1n) is 8.01. The summed E-state index contributed by atoms with van der Waals surface area (Å²) in [6.45, 7) is 5.92. The maximum absolute atomic E-state index is 12.7. The Morgan fingerprint density at radius 1 is 1.28 bits per heavy atom. The molecule has 0 radical (unpaired) electrons. The van der Waals surface area contributed by atoms with Gasteiger partial charge in [-0.2, -0.15) is 0 Å². The number of hydrogen-bond acceptors (Lipinski definition) is 3. The van der Waals surface area contributed by atoms with Gasteiger partial charge in [0.05, 0.1) is 10.6 Å². The minimum atomic E-state index is -1.03. The number of benzene rings is 1. The van der Waals surface area contributed by atoms with Crippen LogP contribution >= 0.6 is 11.6 Å². The predicted octanol–water partition coefficient (Wildman–Crippen LogP) is 2.95. The summed E-state index contributed by atoms with van der Waals surface area (Å²) in [6.07, 6.45) is 1.05. The molecule has 1 aliphatic rings. The minimum Gasteiger partial charge on any atom is -0.480 e. The monoisotopic (exact) mass is 367 g/mol. The van der Waals surface area contributed by atoms with Crippen molar-refractivity contribution >= 4 is 35.2 Å². The number of rotatable bonds is 3. The van der Waals surface area contributed by atoms with Crippen LogP contribution in [0.1, 0.15) is 44.0 Å². The topological polar surface area (TPSA) is 98.7 Å². The van der Waals surface area contributed by atoms with E-state index in [1.165, 1.54) is 17.0 Å². The lowest BCUT2D eigenvalue weighted by Gasteiger charge is -2.23. The number of carbonyl (C=O) groups excluding carboxylic acids is 2. The van der Waals surface area contributed by atoms with Crippen molar-refractivity contribution in [2.24, 2.45) is 0 Å². The van der Waals surface area contributed by atoms with Crippen molar-refractivity contribution in [1.82, 2.24) is 10.2 Å². The Labute approximate surface area is 151 Å². The first-order chi connectivity index (χ1) is 11.6. The average molecular weight is 368 g/mol. The zero-order chi connectivity index (χ0) is 18.8. The summed E-state index contributed by atoms with van der Waals surface area (Å²) in [6, 6.07) is 3.31. The van der Waals surface area contributed by atoms with E-state index in [4.69, 9.17) is 11.6 Å². The van der Waals surface area contributed by atoms with Gasteiger partial charge in [0.1, 0.15) is 6.04 Å². The van der Waals surface area contributed by atoms with Gasteiger partial charge in [-0.05, 0) is 51.8 Å². The molecule has 1 aromatic carbocycles. The van der Waals surface area contributed by atoms with E-state index < -0.39 is 29.5 Å². The fourth-order valence-electron chi connectivity index (χ4n) is 2.69. The van der Waals surface area contributed by atoms with Crippen LogP contribution in [0.3, 0.4) is 0 Å². The second-order valence-corrected chi connectivity index (χ2v) is 7.43. The molecule has 1 fully saturated rings. The number of carboxylic acids is 1. The molecule has 0 aromatic heterocycles. The van der Waals surface area contributed by atoms with E-state index >= 15 is 0 Å². The van der Waals surface area contributed by atoms with Gasteiger partial charge in [-0.3, -0.25) is 4.79 Å². The first kappa shape index (κ1) is 19.1. The van der Waals surface area contributed by atoms with Crippen LogP contribution in [0, 0.1) is 0 Å². The molecule has 1 atom stereocenters. The quantitative estimate of drug-likeness (QED) is 0.764. The standard InChI is InChI=1S/C17H22ClN3O4/c1-17(2,3)20-16(25)19-10-6-7-12(18)11(9-10)14(22)21-8-4-5-13(21)15(23)24/h6-7,9,13H,4-5,8H2,1-3H3,(H,23,24)(H2,19,20,25)/t13-/m0/s1. The van der Waals surface area contributed by atoms with E-state index in [-0.39, 0.29) is 10.6 Å². The van der Waals surface area contributed by atoms with E-state index in [0.29, 0.717) is 25.1 Å². The Morgan fingerprint density at radius 3 is 2.56 bits per heavy atom. The molecule has 1 aromatic rings. The third-order valence-corrected chi connectivity index (χ3v) is 4.07. The highest BCUT2D eigenvalue weighted by Crippen LogP contribution is 2.26. The van der Waals surface area contributed by atoms with Crippen LogP contribution in [-0.2, 0) is 4.79 Å². The first-order valence-corrected chi connectivity index (χ1v) is 8.39. The van der Waals surface area contributed by atoms with Crippen LogP contribution in [-0.4, -0.2) is 46.0 Å². The third kappa shape index (κ3) is 4.85. The number of nitrogens with zero attached hydrogens (tertiary/aromatic N) is 1. The largest absolute Gasteiger partial charge is 0.480 e. The Morgan fingerprint density at radius 2 is 1.96 bits per heavy atom. The normalized spacial score (nSPS) is 17.3. The van der Waals surface area contributed by atoms with Crippen molar-refractivity contribution in [3.05, 3.63) is 28.8 Å². The van der Waals surface area contributed by atoms with Gasteiger partial charge in [-0.1, -0.05) is 11.6 Å². The summed E-state index contributed by atoms with van der Waals surface area (Å²) < 4.78 is 0. The van der Waals surface area contributed by atoms with E-state index in [1.807, 2.05) is 20.8 Å². The highest BCUT2D eigenvalue weighted by molar-refractivity contribution is 6.34. The van der Waals surface area contributed by atoms with Crippen molar-refractivity contribution in [2.45, 2.75) is 45.2 Å². The smallest absolute Gasteiger partial charge is 0.326 e. The van der Waals surface area contributed by atoms with Gasteiger partial charge < -0.3 is 20.6 Å². The summed E-state index contributed by atoms with van der Waals surface area (Å²) in [4.78, 5) is 37.3. The lowest BCUT2D eigenvalue weighted by Crippen LogP contribution is -2.43. The summed E-state index contributed by atoms with van der Waals surface area (Å²) in [5.41, 5.74) is 0.170. The van der Waals surface area contributed by atoms with Crippen LogP contribution in [0.15, 0.2) is 18.2 Å². The Bertz CT molecular complexity index is 700. The maximum Gasteiger partial charge on any atom is 0.326 e. The van der Waals surface area contributed by atoms with Crippen LogP contribution in [0.5, 0.6) is 0 Å². The lowest BCUT2D eigenvalue weighted by molar-refractivity contribution is -0.141. The fourth-order valence-corrected chi connectivity index (χ4v) is 2.89. The molecule has 25 heavy (non-hydrogen) atoms. The Balaban J connectivity index is 2.20. The Hall–Kier alpha value is -2.28. The van der Waals surface area contributed by atoms with Crippen molar-refractivity contribution in [3.8, 4) is 0 Å². The maximum atomic E-state index is 12.7. The molecule has 1 aliphatic heterocycles. The number of amides is 3. The molecule has 3 amide bonds. The molecule has 1 saturated heterocycles. The molecule has 8 heteroatoms. The number of carbonyl (C=O) groups is 3. The fraction of sp³-hybridized carbons (Fsp3) is 0.471. The summed E-state index contributed by atoms with van der Waals surface area (Å²) in [5.74, 6) is -1.48. The number of likely N-dealkylation sites (tertiary alicyclic amines) is 1. The molecule has 7 nitrogen and oxygen atoms in total. The van der Waals surface area contributed by atoms with Crippen LogP contribution in [0.4, 0.5) is 10.5 Å². The van der Waals surface area contributed by atoms with Gasteiger partial charge >= 0.3 is 12.0 Å². The molecular weight excluding hydrogens is 346 g/mol. The summed E-state index contributed by atoms with van der Waals surface area (Å²) in [5, 5.41) is 14.9. The van der Waals surface area contributed by atoms with Crippen molar-refractivity contribution in [3.63, 3.8) is 0 Å². The molecule has 0 unspecified atom stereocenters. The van der Waals surface area contributed by atoms with Crippen LogP contribution in [0.25, 0.3) is 0 Å².